The van der Waals surface area contributed by atoms with Crippen molar-refractivity contribution in [3.05, 3.63) is 47.3 Å². The average Bonchev–Trinajstić information content (AvgIpc) is 3.27. The first-order chi connectivity index (χ1) is 12.1. The monoisotopic (exact) mass is 338 g/mol. The summed E-state index contributed by atoms with van der Waals surface area (Å²) in [5.74, 6) is -1.53. The number of rotatable bonds is 4. The van der Waals surface area contributed by atoms with Gasteiger partial charge in [0.2, 0.25) is 0 Å². The standard InChI is InChI=1S/C18H18N4O3/c1-2-20-16(23)17(24)21(18(20)25)11-14-13-9-6-10-15(13)22(19-14)12-7-4-3-5-8-12/h3-5,7-8H,2,6,9-11H2,1H3. The lowest BCUT2D eigenvalue weighted by Gasteiger charge is -2.13. The number of para-hydroxylation sites is 1. The van der Waals surface area contributed by atoms with E-state index in [1.54, 1.807) is 6.92 Å². The van der Waals surface area contributed by atoms with Crippen LogP contribution in [-0.4, -0.2) is 44.0 Å². The first-order valence-electron chi connectivity index (χ1n) is 8.44. The average molecular weight is 338 g/mol. The zero-order valence-electron chi connectivity index (χ0n) is 13.9. The molecule has 1 aromatic carbocycles. The lowest BCUT2D eigenvalue weighted by Crippen LogP contribution is -2.33. The van der Waals surface area contributed by atoms with Crippen molar-refractivity contribution >= 4 is 17.8 Å². The van der Waals surface area contributed by atoms with Crippen molar-refractivity contribution in [1.82, 2.24) is 19.6 Å². The Morgan fingerprint density at radius 3 is 2.40 bits per heavy atom. The molecule has 2 aliphatic rings. The Labute approximate surface area is 144 Å². The van der Waals surface area contributed by atoms with Gasteiger partial charge in [-0.15, -0.1) is 0 Å². The van der Waals surface area contributed by atoms with E-state index < -0.39 is 17.8 Å². The highest BCUT2D eigenvalue weighted by Gasteiger charge is 2.44. The van der Waals surface area contributed by atoms with E-state index >= 15 is 0 Å². The maximum absolute atomic E-state index is 12.3. The highest BCUT2D eigenvalue weighted by Crippen LogP contribution is 2.29. The molecule has 0 spiro atoms. The second kappa shape index (κ2) is 5.84. The molecule has 1 saturated heterocycles. The SMILES string of the molecule is CCN1C(=O)C(=O)N(Cc2nn(-c3ccccc3)c3c2CCC3)C1=O. The molecule has 1 aliphatic heterocycles. The number of urea groups is 1. The second-order valence-corrected chi connectivity index (χ2v) is 6.20. The minimum Gasteiger partial charge on any atom is -0.263 e. The number of nitrogens with zero attached hydrogens (tertiary/aromatic N) is 4. The predicted molar refractivity (Wildman–Crippen MR) is 88.9 cm³/mol. The number of benzene rings is 1. The number of fused-ring (bicyclic) bond motifs is 1. The number of imide groups is 2. The van der Waals surface area contributed by atoms with Crippen LogP contribution in [0.4, 0.5) is 4.79 Å². The smallest absolute Gasteiger partial charge is 0.263 e. The molecule has 0 unspecified atom stereocenters. The highest BCUT2D eigenvalue weighted by molar-refractivity contribution is 6.44. The number of aromatic nitrogens is 2. The fraction of sp³-hybridized carbons (Fsp3) is 0.333. The molecular weight excluding hydrogens is 320 g/mol. The van der Waals surface area contributed by atoms with Crippen LogP contribution in [0.3, 0.4) is 0 Å². The van der Waals surface area contributed by atoms with Gasteiger partial charge in [0.05, 0.1) is 17.9 Å². The van der Waals surface area contributed by atoms with Crippen molar-refractivity contribution in [1.29, 1.82) is 0 Å². The first-order valence-corrected chi connectivity index (χ1v) is 8.44. The molecule has 2 aromatic rings. The van der Waals surface area contributed by atoms with Crippen LogP contribution >= 0.6 is 0 Å². The third-order valence-corrected chi connectivity index (χ3v) is 4.77. The number of hydrogen-bond acceptors (Lipinski definition) is 4. The molecule has 0 bridgehead atoms. The lowest BCUT2D eigenvalue weighted by atomic mass is 10.2. The predicted octanol–water partition coefficient (Wildman–Crippen LogP) is 1.67. The maximum atomic E-state index is 12.3. The number of likely N-dealkylation sites (N-methyl/N-ethyl adjacent to an activating group) is 1. The maximum Gasteiger partial charge on any atom is 0.334 e. The van der Waals surface area contributed by atoms with E-state index in [1.807, 2.05) is 35.0 Å². The molecule has 7 nitrogen and oxygen atoms in total. The van der Waals surface area contributed by atoms with Gasteiger partial charge in [0.1, 0.15) is 0 Å². The Bertz CT molecular complexity index is 872. The van der Waals surface area contributed by atoms with Crippen molar-refractivity contribution in [2.75, 3.05) is 6.54 Å². The molecule has 4 rings (SSSR count). The van der Waals surface area contributed by atoms with E-state index in [0.29, 0.717) is 5.69 Å². The fourth-order valence-corrected chi connectivity index (χ4v) is 3.54. The van der Waals surface area contributed by atoms with Gasteiger partial charge in [-0.2, -0.15) is 5.10 Å². The van der Waals surface area contributed by atoms with E-state index in [4.69, 9.17) is 0 Å². The number of hydrogen-bond donors (Lipinski definition) is 0. The van der Waals surface area contributed by atoms with Crippen LogP contribution in [-0.2, 0) is 29.0 Å². The van der Waals surface area contributed by atoms with Gasteiger partial charge in [0.25, 0.3) is 0 Å². The third-order valence-electron chi connectivity index (χ3n) is 4.77. The number of carbonyl (C=O) groups is 3. The Morgan fingerprint density at radius 1 is 1.00 bits per heavy atom. The van der Waals surface area contributed by atoms with Crippen LogP contribution in [0.25, 0.3) is 5.69 Å². The Hall–Kier alpha value is -2.96. The summed E-state index contributed by atoms with van der Waals surface area (Å²) in [6.07, 6.45) is 2.81. The van der Waals surface area contributed by atoms with Crippen molar-refractivity contribution in [3.8, 4) is 5.69 Å². The first kappa shape index (κ1) is 15.6. The van der Waals surface area contributed by atoms with Crippen molar-refractivity contribution in [3.63, 3.8) is 0 Å². The van der Waals surface area contributed by atoms with Gasteiger partial charge in [-0.05, 0) is 43.9 Å². The lowest BCUT2D eigenvalue weighted by molar-refractivity contribution is -0.143. The van der Waals surface area contributed by atoms with Crippen molar-refractivity contribution in [2.45, 2.75) is 32.7 Å². The van der Waals surface area contributed by atoms with Gasteiger partial charge in [-0.3, -0.25) is 14.5 Å². The Balaban J connectivity index is 1.70. The van der Waals surface area contributed by atoms with Crippen molar-refractivity contribution < 1.29 is 14.4 Å². The van der Waals surface area contributed by atoms with Gasteiger partial charge in [-0.1, -0.05) is 18.2 Å². The summed E-state index contributed by atoms with van der Waals surface area (Å²) in [7, 11) is 0. The fourth-order valence-electron chi connectivity index (χ4n) is 3.54. The van der Waals surface area contributed by atoms with Gasteiger partial charge in [-0.25, -0.2) is 14.4 Å². The molecule has 1 fully saturated rings. The zero-order chi connectivity index (χ0) is 17.6. The molecule has 0 radical (unpaired) electrons. The van der Waals surface area contributed by atoms with Crippen LogP contribution in [0, 0.1) is 0 Å². The molecule has 0 N–H and O–H groups in total. The summed E-state index contributed by atoms with van der Waals surface area (Å²) in [5.41, 5.74) is 3.87. The summed E-state index contributed by atoms with van der Waals surface area (Å²) in [6, 6.07) is 9.24. The zero-order valence-corrected chi connectivity index (χ0v) is 13.9. The molecule has 1 aromatic heterocycles. The third kappa shape index (κ3) is 2.34. The minimum absolute atomic E-state index is 0.0437. The summed E-state index contributed by atoms with van der Waals surface area (Å²) >= 11 is 0. The van der Waals surface area contributed by atoms with Gasteiger partial charge in [0.15, 0.2) is 0 Å². The minimum atomic E-state index is -0.771. The van der Waals surface area contributed by atoms with Crippen LogP contribution < -0.4 is 0 Å². The van der Waals surface area contributed by atoms with E-state index in [0.717, 1.165) is 46.0 Å². The summed E-state index contributed by atoms with van der Waals surface area (Å²) < 4.78 is 1.89. The number of amides is 4. The Morgan fingerprint density at radius 2 is 1.72 bits per heavy atom. The van der Waals surface area contributed by atoms with E-state index in [1.165, 1.54) is 0 Å². The normalized spacial score (nSPS) is 16.9. The molecule has 0 saturated carbocycles. The summed E-state index contributed by atoms with van der Waals surface area (Å²) in [6.45, 7) is 1.91. The molecule has 1 aliphatic carbocycles. The van der Waals surface area contributed by atoms with E-state index in [-0.39, 0.29) is 13.1 Å². The van der Waals surface area contributed by atoms with Crippen LogP contribution in [0.2, 0.25) is 0 Å². The van der Waals surface area contributed by atoms with Crippen LogP contribution in [0.1, 0.15) is 30.3 Å². The molecule has 4 amide bonds. The van der Waals surface area contributed by atoms with E-state index in [9.17, 15) is 14.4 Å². The van der Waals surface area contributed by atoms with Crippen molar-refractivity contribution in [2.24, 2.45) is 0 Å². The van der Waals surface area contributed by atoms with Crippen LogP contribution in [0.5, 0.6) is 0 Å². The van der Waals surface area contributed by atoms with Gasteiger partial charge >= 0.3 is 17.8 Å². The van der Waals surface area contributed by atoms with Gasteiger partial charge < -0.3 is 0 Å². The van der Waals surface area contributed by atoms with Gasteiger partial charge in [0, 0.05) is 12.2 Å². The molecular formula is C18H18N4O3. The molecule has 128 valence electrons. The topological polar surface area (TPSA) is 75.5 Å². The van der Waals surface area contributed by atoms with Crippen LogP contribution in [0.15, 0.2) is 30.3 Å². The molecule has 7 heteroatoms. The molecule has 0 atom stereocenters. The second-order valence-electron chi connectivity index (χ2n) is 6.20. The molecule has 2 heterocycles. The largest absolute Gasteiger partial charge is 0.334 e. The number of carbonyl (C=O) groups excluding carboxylic acids is 3. The summed E-state index contributed by atoms with van der Waals surface area (Å²) in [4.78, 5) is 38.3. The Kier molecular flexibility index (Phi) is 3.63. The highest BCUT2D eigenvalue weighted by atomic mass is 16.2. The molecule has 25 heavy (non-hydrogen) atoms. The quantitative estimate of drug-likeness (QED) is 0.628. The summed E-state index contributed by atoms with van der Waals surface area (Å²) in [5, 5.41) is 4.65. The van der Waals surface area contributed by atoms with E-state index in [2.05, 4.69) is 5.10 Å².